The van der Waals surface area contributed by atoms with E-state index in [2.05, 4.69) is 32.9 Å². The van der Waals surface area contributed by atoms with Gasteiger partial charge in [-0.05, 0) is 19.4 Å². The summed E-state index contributed by atoms with van der Waals surface area (Å²) in [6.07, 6.45) is 1.82. The Morgan fingerprint density at radius 2 is 2.04 bits per heavy atom. The number of aliphatic imine (C=N–C) groups is 1. The average Bonchev–Trinajstić information content (AvgIpc) is 3.02. The molecular weight excluding hydrogens is 438 g/mol. The standard InChI is InChI=1S/C17H23FN4S.HI/c1-3-16-22-14(12-23-16)9-10-20-17(19-4-2)21-11-13-7-5-6-8-15(13)18;/h5-8,12H,3-4,9-11H2,1-2H3,(H2,19,20,21);1H. The summed E-state index contributed by atoms with van der Waals surface area (Å²) < 4.78 is 13.6. The van der Waals surface area contributed by atoms with Gasteiger partial charge in [0.1, 0.15) is 5.82 Å². The maximum atomic E-state index is 13.6. The van der Waals surface area contributed by atoms with E-state index in [-0.39, 0.29) is 29.8 Å². The quantitative estimate of drug-likeness (QED) is 0.374. The number of benzene rings is 1. The van der Waals surface area contributed by atoms with Crippen molar-refractivity contribution in [2.24, 2.45) is 4.99 Å². The molecule has 0 saturated heterocycles. The molecule has 1 aromatic carbocycles. The normalized spacial score (nSPS) is 11.0. The number of aromatic nitrogens is 1. The highest BCUT2D eigenvalue weighted by atomic mass is 127. The smallest absolute Gasteiger partial charge is 0.191 e. The van der Waals surface area contributed by atoms with Crippen molar-refractivity contribution in [2.75, 3.05) is 13.1 Å². The van der Waals surface area contributed by atoms with Crippen LogP contribution in [0.1, 0.15) is 30.1 Å². The molecule has 0 aliphatic carbocycles. The van der Waals surface area contributed by atoms with Crippen molar-refractivity contribution in [1.82, 2.24) is 15.6 Å². The average molecular weight is 462 g/mol. The van der Waals surface area contributed by atoms with Crippen molar-refractivity contribution in [1.29, 1.82) is 0 Å². The maximum absolute atomic E-state index is 13.6. The minimum Gasteiger partial charge on any atom is -0.357 e. The van der Waals surface area contributed by atoms with Gasteiger partial charge in [0.2, 0.25) is 0 Å². The SMILES string of the molecule is CCNC(=NCc1ccccc1F)NCCc1csc(CC)n1.I. The first kappa shape index (κ1) is 20.8. The van der Waals surface area contributed by atoms with Crippen LogP contribution in [0.3, 0.4) is 0 Å². The van der Waals surface area contributed by atoms with Crippen molar-refractivity contribution < 1.29 is 4.39 Å². The van der Waals surface area contributed by atoms with Crippen molar-refractivity contribution in [3.05, 3.63) is 51.7 Å². The van der Waals surface area contributed by atoms with Crippen LogP contribution in [0.2, 0.25) is 0 Å². The zero-order chi connectivity index (χ0) is 16.5. The third-order valence-electron chi connectivity index (χ3n) is 3.28. The molecule has 0 radical (unpaired) electrons. The maximum Gasteiger partial charge on any atom is 0.191 e. The lowest BCUT2D eigenvalue weighted by atomic mass is 10.2. The van der Waals surface area contributed by atoms with E-state index in [1.807, 2.05) is 13.0 Å². The highest BCUT2D eigenvalue weighted by Gasteiger charge is 2.03. The Labute approximate surface area is 164 Å². The summed E-state index contributed by atoms with van der Waals surface area (Å²) in [7, 11) is 0. The summed E-state index contributed by atoms with van der Waals surface area (Å²) in [6.45, 7) is 5.95. The van der Waals surface area contributed by atoms with Gasteiger partial charge in [0.15, 0.2) is 5.96 Å². The van der Waals surface area contributed by atoms with E-state index in [4.69, 9.17) is 0 Å². The highest BCUT2D eigenvalue weighted by Crippen LogP contribution is 2.10. The molecule has 0 atom stereocenters. The number of thiazole rings is 1. The van der Waals surface area contributed by atoms with Crippen LogP contribution in [0, 0.1) is 5.82 Å². The van der Waals surface area contributed by atoms with Crippen molar-refractivity contribution >= 4 is 41.3 Å². The first-order chi connectivity index (χ1) is 11.2. The largest absolute Gasteiger partial charge is 0.357 e. The summed E-state index contributed by atoms with van der Waals surface area (Å²) in [5.74, 6) is 0.475. The van der Waals surface area contributed by atoms with Crippen LogP contribution in [0.25, 0.3) is 0 Å². The third-order valence-corrected chi connectivity index (χ3v) is 4.33. The Morgan fingerprint density at radius 3 is 2.71 bits per heavy atom. The fourth-order valence-corrected chi connectivity index (χ4v) is 2.85. The Morgan fingerprint density at radius 1 is 1.25 bits per heavy atom. The lowest BCUT2D eigenvalue weighted by Crippen LogP contribution is -2.38. The van der Waals surface area contributed by atoms with Gasteiger partial charge in [-0.1, -0.05) is 25.1 Å². The van der Waals surface area contributed by atoms with Gasteiger partial charge < -0.3 is 10.6 Å². The molecule has 2 aromatic rings. The van der Waals surface area contributed by atoms with Crippen LogP contribution in [0.4, 0.5) is 4.39 Å². The minimum atomic E-state index is -0.221. The van der Waals surface area contributed by atoms with Crippen molar-refractivity contribution in [3.8, 4) is 0 Å². The molecule has 1 heterocycles. The van der Waals surface area contributed by atoms with E-state index >= 15 is 0 Å². The molecule has 2 rings (SSSR count). The second-order valence-corrected chi connectivity index (χ2v) is 5.99. The number of hydrogen-bond acceptors (Lipinski definition) is 3. The monoisotopic (exact) mass is 462 g/mol. The summed E-state index contributed by atoms with van der Waals surface area (Å²) in [5.41, 5.74) is 1.70. The van der Waals surface area contributed by atoms with Gasteiger partial charge in [-0.15, -0.1) is 35.3 Å². The second kappa shape index (κ2) is 11.4. The summed E-state index contributed by atoms with van der Waals surface area (Å²) in [6, 6.07) is 6.72. The highest BCUT2D eigenvalue weighted by molar-refractivity contribution is 14.0. The molecule has 0 fully saturated rings. The molecule has 0 amide bonds. The Balaban J connectivity index is 0.00000288. The van der Waals surface area contributed by atoms with Gasteiger partial charge in [-0.2, -0.15) is 0 Å². The van der Waals surface area contributed by atoms with E-state index in [1.54, 1.807) is 23.5 Å². The van der Waals surface area contributed by atoms with Crippen LogP contribution < -0.4 is 10.6 Å². The molecule has 4 nitrogen and oxygen atoms in total. The Hall–Kier alpha value is -1.22. The predicted molar refractivity (Wildman–Crippen MR) is 110 cm³/mol. The molecule has 24 heavy (non-hydrogen) atoms. The Bertz CT molecular complexity index is 645. The van der Waals surface area contributed by atoms with Crippen LogP contribution in [-0.4, -0.2) is 24.0 Å². The van der Waals surface area contributed by atoms with Crippen LogP contribution in [0.5, 0.6) is 0 Å². The number of aryl methyl sites for hydroxylation is 1. The fraction of sp³-hybridized carbons (Fsp3) is 0.412. The van der Waals surface area contributed by atoms with E-state index in [1.165, 1.54) is 11.1 Å². The molecule has 0 bridgehead atoms. The molecule has 0 spiro atoms. The number of halogens is 2. The van der Waals surface area contributed by atoms with Gasteiger partial charge in [0.25, 0.3) is 0 Å². The Kier molecular flexibility index (Phi) is 9.85. The van der Waals surface area contributed by atoms with Gasteiger partial charge in [-0.3, -0.25) is 0 Å². The molecule has 0 aliphatic heterocycles. The summed E-state index contributed by atoms with van der Waals surface area (Å²) in [4.78, 5) is 8.98. The summed E-state index contributed by atoms with van der Waals surface area (Å²) in [5, 5.41) is 9.71. The molecule has 0 aliphatic rings. The first-order valence-corrected chi connectivity index (χ1v) is 8.79. The lowest BCUT2D eigenvalue weighted by Gasteiger charge is -2.10. The molecule has 132 valence electrons. The summed E-state index contributed by atoms with van der Waals surface area (Å²) >= 11 is 1.70. The van der Waals surface area contributed by atoms with Crippen LogP contribution in [0.15, 0.2) is 34.6 Å². The minimum absolute atomic E-state index is 0. The predicted octanol–water partition coefficient (Wildman–Crippen LogP) is 3.76. The molecule has 7 heteroatoms. The first-order valence-electron chi connectivity index (χ1n) is 7.91. The van der Waals surface area contributed by atoms with Gasteiger partial charge in [0, 0.05) is 30.5 Å². The topological polar surface area (TPSA) is 49.3 Å². The fourth-order valence-electron chi connectivity index (χ4n) is 2.07. The number of hydrogen-bond donors (Lipinski definition) is 2. The zero-order valence-electron chi connectivity index (χ0n) is 14.0. The van der Waals surface area contributed by atoms with Crippen LogP contribution >= 0.6 is 35.3 Å². The molecule has 0 unspecified atom stereocenters. The van der Waals surface area contributed by atoms with Crippen molar-refractivity contribution in [3.63, 3.8) is 0 Å². The third kappa shape index (κ3) is 6.72. The van der Waals surface area contributed by atoms with Gasteiger partial charge >= 0.3 is 0 Å². The number of nitrogens with one attached hydrogen (secondary N) is 2. The molecule has 0 saturated carbocycles. The van der Waals surface area contributed by atoms with Gasteiger partial charge in [-0.25, -0.2) is 14.4 Å². The molecule has 2 N–H and O–H groups in total. The van der Waals surface area contributed by atoms with Crippen LogP contribution in [-0.2, 0) is 19.4 Å². The number of nitrogens with zero attached hydrogens (tertiary/aromatic N) is 2. The van der Waals surface area contributed by atoms with E-state index in [9.17, 15) is 4.39 Å². The second-order valence-electron chi connectivity index (χ2n) is 5.05. The van der Waals surface area contributed by atoms with E-state index in [0.717, 1.165) is 31.6 Å². The lowest BCUT2D eigenvalue weighted by molar-refractivity contribution is 0.610. The van der Waals surface area contributed by atoms with E-state index < -0.39 is 0 Å². The zero-order valence-corrected chi connectivity index (χ0v) is 17.2. The molecule has 1 aromatic heterocycles. The van der Waals surface area contributed by atoms with Crippen molar-refractivity contribution in [2.45, 2.75) is 33.2 Å². The molecular formula is C17H24FIN4S. The van der Waals surface area contributed by atoms with E-state index in [0.29, 0.717) is 18.1 Å². The number of guanidine groups is 1. The number of rotatable bonds is 7. The van der Waals surface area contributed by atoms with Gasteiger partial charge in [0.05, 0.1) is 17.2 Å².